The Hall–Kier alpha value is -2.39. The molecule has 0 N–H and O–H groups in total. The van der Waals surface area contributed by atoms with E-state index in [0.717, 1.165) is 25.8 Å². The summed E-state index contributed by atoms with van der Waals surface area (Å²) in [6.45, 7) is 3.00. The van der Waals surface area contributed by atoms with Crippen LogP contribution >= 0.6 is 0 Å². The summed E-state index contributed by atoms with van der Waals surface area (Å²) in [6, 6.07) is 8.71. The molecule has 6 heteroatoms. The number of ether oxygens (including phenoxy) is 1. The van der Waals surface area contributed by atoms with E-state index in [1.54, 1.807) is 36.3 Å². The number of likely N-dealkylation sites (tertiary alicyclic amines) is 2. The molecular formula is C19H23N3O3. The molecule has 0 bridgehead atoms. The Bertz CT molecular complexity index is 695. The van der Waals surface area contributed by atoms with Crippen molar-refractivity contribution in [3.63, 3.8) is 0 Å². The van der Waals surface area contributed by atoms with Crippen LogP contribution in [-0.4, -0.2) is 61.5 Å². The standard InChI is InChI=1S/C19H23N3O3/c1-25-12-11-21-9-2-7-19(18(21)24)8-10-22(14-19)17(23)16-5-3-15(13-20)4-6-16/h3-6H,2,7-12,14H2,1H3/t19-/m1/s1. The second-order valence-electron chi connectivity index (χ2n) is 6.83. The Morgan fingerprint density at radius 1 is 1.28 bits per heavy atom. The molecular weight excluding hydrogens is 318 g/mol. The maximum absolute atomic E-state index is 12.9. The van der Waals surface area contributed by atoms with Gasteiger partial charge in [-0.1, -0.05) is 0 Å². The molecule has 6 nitrogen and oxygen atoms in total. The van der Waals surface area contributed by atoms with Crippen molar-refractivity contribution in [1.29, 1.82) is 5.26 Å². The summed E-state index contributed by atoms with van der Waals surface area (Å²) in [5.74, 6) is 0.0918. The predicted molar refractivity (Wildman–Crippen MR) is 91.8 cm³/mol. The molecule has 0 radical (unpaired) electrons. The van der Waals surface area contributed by atoms with Crippen LogP contribution in [0.3, 0.4) is 0 Å². The number of carbonyl (C=O) groups is 2. The van der Waals surface area contributed by atoms with Crippen molar-refractivity contribution < 1.29 is 14.3 Å². The lowest BCUT2D eigenvalue weighted by Gasteiger charge is -2.39. The van der Waals surface area contributed by atoms with Gasteiger partial charge in [0.1, 0.15) is 0 Å². The molecule has 1 aromatic carbocycles. The number of carbonyl (C=O) groups excluding carboxylic acids is 2. The molecule has 2 aliphatic heterocycles. The fourth-order valence-electron chi connectivity index (χ4n) is 3.86. The van der Waals surface area contributed by atoms with Gasteiger partial charge in [-0.05, 0) is 43.5 Å². The van der Waals surface area contributed by atoms with Crippen LogP contribution in [-0.2, 0) is 9.53 Å². The highest BCUT2D eigenvalue weighted by Gasteiger charge is 2.49. The van der Waals surface area contributed by atoms with Crippen molar-refractivity contribution in [3.05, 3.63) is 35.4 Å². The number of methoxy groups -OCH3 is 1. The molecule has 0 saturated carbocycles. The second kappa shape index (κ2) is 7.24. The van der Waals surface area contributed by atoms with Crippen LogP contribution in [0.4, 0.5) is 0 Å². The first-order valence-electron chi connectivity index (χ1n) is 8.67. The van der Waals surface area contributed by atoms with Crippen molar-refractivity contribution in [2.45, 2.75) is 19.3 Å². The topological polar surface area (TPSA) is 73.6 Å². The van der Waals surface area contributed by atoms with Crippen molar-refractivity contribution >= 4 is 11.8 Å². The predicted octanol–water partition coefficient (Wildman–Crippen LogP) is 1.66. The summed E-state index contributed by atoms with van der Waals surface area (Å²) >= 11 is 0. The summed E-state index contributed by atoms with van der Waals surface area (Å²) in [6.07, 6.45) is 2.53. The van der Waals surface area contributed by atoms with Gasteiger partial charge < -0.3 is 14.5 Å². The second-order valence-corrected chi connectivity index (χ2v) is 6.83. The summed E-state index contributed by atoms with van der Waals surface area (Å²) in [5.41, 5.74) is 0.662. The lowest BCUT2D eigenvalue weighted by Crippen LogP contribution is -2.51. The third kappa shape index (κ3) is 3.38. The lowest BCUT2D eigenvalue weighted by atomic mass is 9.78. The van der Waals surface area contributed by atoms with Crippen molar-refractivity contribution in [3.8, 4) is 6.07 Å². The van der Waals surface area contributed by atoms with Crippen molar-refractivity contribution in [2.24, 2.45) is 5.41 Å². The van der Waals surface area contributed by atoms with Gasteiger partial charge >= 0.3 is 0 Å². The van der Waals surface area contributed by atoms with E-state index >= 15 is 0 Å². The van der Waals surface area contributed by atoms with E-state index in [2.05, 4.69) is 6.07 Å². The average Bonchev–Trinajstić information content (AvgIpc) is 3.07. The van der Waals surface area contributed by atoms with Crippen LogP contribution in [0.5, 0.6) is 0 Å². The highest BCUT2D eigenvalue weighted by molar-refractivity contribution is 5.95. The van der Waals surface area contributed by atoms with Gasteiger partial charge in [-0.25, -0.2) is 0 Å². The van der Waals surface area contributed by atoms with E-state index in [0.29, 0.717) is 37.4 Å². The molecule has 3 rings (SSSR count). The van der Waals surface area contributed by atoms with E-state index in [9.17, 15) is 9.59 Å². The molecule has 1 spiro atoms. The fraction of sp³-hybridized carbons (Fsp3) is 0.526. The van der Waals surface area contributed by atoms with Crippen LogP contribution in [0.25, 0.3) is 0 Å². The van der Waals surface area contributed by atoms with E-state index in [4.69, 9.17) is 10.00 Å². The third-order valence-electron chi connectivity index (χ3n) is 5.29. The van der Waals surface area contributed by atoms with E-state index < -0.39 is 5.41 Å². The Balaban J connectivity index is 1.70. The fourth-order valence-corrected chi connectivity index (χ4v) is 3.86. The molecule has 1 atom stereocenters. The van der Waals surface area contributed by atoms with Crippen LogP contribution in [0.1, 0.15) is 35.2 Å². The Labute approximate surface area is 148 Å². The molecule has 1 aromatic rings. The van der Waals surface area contributed by atoms with Gasteiger partial charge in [0.2, 0.25) is 5.91 Å². The van der Waals surface area contributed by atoms with Gasteiger partial charge in [0, 0.05) is 38.9 Å². The highest BCUT2D eigenvalue weighted by Crippen LogP contribution is 2.40. The molecule has 2 fully saturated rings. The van der Waals surface area contributed by atoms with Crippen LogP contribution in [0.15, 0.2) is 24.3 Å². The first-order valence-corrected chi connectivity index (χ1v) is 8.67. The Kier molecular flexibility index (Phi) is 5.05. The summed E-state index contributed by atoms with van der Waals surface area (Å²) < 4.78 is 5.10. The zero-order valence-corrected chi connectivity index (χ0v) is 14.5. The average molecular weight is 341 g/mol. The number of benzene rings is 1. The molecule has 2 heterocycles. The zero-order valence-electron chi connectivity index (χ0n) is 14.5. The van der Waals surface area contributed by atoms with Crippen molar-refractivity contribution in [1.82, 2.24) is 9.80 Å². The molecule has 2 amide bonds. The Morgan fingerprint density at radius 3 is 2.72 bits per heavy atom. The Morgan fingerprint density at radius 2 is 2.04 bits per heavy atom. The molecule has 0 unspecified atom stereocenters. The quantitative estimate of drug-likeness (QED) is 0.835. The zero-order chi connectivity index (χ0) is 17.9. The monoisotopic (exact) mass is 341 g/mol. The minimum atomic E-state index is -0.436. The van der Waals surface area contributed by atoms with Gasteiger partial charge in [-0.15, -0.1) is 0 Å². The summed E-state index contributed by atoms with van der Waals surface area (Å²) in [4.78, 5) is 29.3. The van der Waals surface area contributed by atoms with Crippen LogP contribution < -0.4 is 0 Å². The van der Waals surface area contributed by atoms with E-state index in [1.807, 2.05) is 4.90 Å². The molecule has 132 valence electrons. The SMILES string of the molecule is COCCN1CCC[C@]2(CCN(C(=O)c3ccc(C#N)cc3)C2)C1=O. The number of nitrogens with zero attached hydrogens (tertiary/aromatic N) is 3. The summed E-state index contributed by atoms with van der Waals surface area (Å²) in [7, 11) is 1.64. The third-order valence-corrected chi connectivity index (χ3v) is 5.29. The smallest absolute Gasteiger partial charge is 0.253 e. The minimum Gasteiger partial charge on any atom is -0.383 e. The maximum atomic E-state index is 12.9. The number of nitriles is 1. The van der Waals surface area contributed by atoms with Crippen LogP contribution in [0.2, 0.25) is 0 Å². The normalized spacial score (nSPS) is 23.1. The van der Waals surface area contributed by atoms with Gasteiger partial charge in [0.25, 0.3) is 5.91 Å². The van der Waals surface area contributed by atoms with E-state index in [-0.39, 0.29) is 11.8 Å². The minimum absolute atomic E-state index is 0.0665. The van der Waals surface area contributed by atoms with Crippen LogP contribution in [0, 0.1) is 16.7 Å². The number of amides is 2. The molecule has 0 aromatic heterocycles. The summed E-state index contributed by atoms with van der Waals surface area (Å²) in [5, 5.41) is 8.86. The van der Waals surface area contributed by atoms with Gasteiger partial charge in [0.15, 0.2) is 0 Å². The molecule has 2 aliphatic rings. The maximum Gasteiger partial charge on any atom is 0.253 e. The number of hydrogen-bond acceptors (Lipinski definition) is 4. The first-order chi connectivity index (χ1) is 12.1. The molecule has 0 aliphatic carbocycles. The highest BCUT2D eigenvalue weighted by atomic mass is 16.5. The first kappa shape index (κ1) is 17.4. The number of piperidine rings is 1. The van der Waals surface area contributed by atoms with E-state index in [1.165, 1.54) is 0 Å². The van der Waals surface area contributed by atoms with Crippen molar-refractivity contribution in [2.75, 3.05) is 39.9 Å². The van der Waals surface area contributed by atoms with Gasteiger partial charge in [0.05, 0.1) is 23.7 Å². The molecule has 2 saturated heterocycles. The van der Waals surface area contributed by atoms with Gasteiger partial charge in [-0.2, -0.15) is 5.26 Å². The lowest BCUT2D eigenvalue weighted by molar-refractivity contribution is -0.146. The molecule has 25 heavy (non-hydrogen) atoms. The number of rotatable bonds is 4. The largest absolute Gasteiger partial charge is 0.383 e. The number of hydrogen-bond donors (Lipinski definition) is 0. The van der Waals surface area contributed by atoms with Gasteiger partial charge in [-0.3, -0.25) is 9.59 Å².